The first-order valence-electron chi connectivity index (χ1n) is 9.49. The van der Waals surface area contributed by atoms with Gasteiger partial charge in [-0.05, 0) is 37.3 Å². The van der Waals surface area contributed by atoms with Crippen LogP contribution in [0, 0.1) is 5.92 Å². The lowest BCUT2D eigenvalue weighted by molar-refractivity contribution is -0.138. The van der Waals surface area contributed by atoms with Crippen LogP contribution in [0.4, 0.5) is 0 Å². The molecule has 1 atom stereocenters. The second-order valence-corrected chi connectivity index (χ2v) is 6.62. The van der Waals surface area contributed by atoms with Gasteiger partial charge in [-0.3, -0.25) is 9.59 Å². The maximum atomic E-state index is 12.3. The molecule has 1 heterocycles. The molecule has 1 fully saturated rings. The Bertz CT molecular complexity index is 550. The van der Waals surface area contributed by atoms with Crippen LogP contribution in [0.2, 0.25) is 0 Å². The number of piperidine rings is 1. The molecular weight excluding hydrogens is 332 g/mol. The van der Waals surface area contributed by atoms with Gasteiger partial charge in [0.1, 0.15) is 19.0 Å². The van der Waals surface area contributed by atoms with Crippen LogP contribution in [-0.4, -0.2) is 56.2 Å². The number of amides is 2. The third-order valence-corrected chi connectivity index (χ3v) is 4.40. The van der Waals surface area contributed by atoms with E-state index in [1.54, 1.807) is 0 Å². The number of ether oxygens (including phenoxy) is 2. The average molecular weight is 362 g/mol. The molecular formula is C20H30N2O4. The summed E-state index contributed by atoms with van der Waals surface area (Å²) >= 11 is 0. The van der Waals surface area contributed by atoms with Crippen molar-refractivity contribution in [1.82, 2.24) is 10.2 Å². The number of rotatable bonds is 10. The predicted octanol–water partition coefficient (Wildman–Crippen LogP) is 2.24. The van der Waals surface area contributed by atoms with Crippen molar-refractivity contribution in [2.75, 3.05) is 39.5 Å². The molecule has 0 spiro atoms. The zero-order valence-corrected chi connectivity index (χ0v) is 15.6. The van der Waals surface area contributed by atoms with Crippen LogP contribution < -0.4 is 10.1 Å². The first-order valence-corrected chi connectivity index (χ1v) is 9.49. The second-order valence-electron chi connectivity index (χ2n) is 6.62. The fourth-order valence-corrected chi connectivity index (χ4v) is 3.02. The van der Waals surface area contributed by atoms with Crippen LogP contribution in [0.5, 0.6) is 5.75 Å². The third kappa shape index (κ3) is 7.44. The van der Waals surface area contributed by atoms with E-state index in [1.807, 2.05) is 42.2 Å². The molecule has 1 aromatic rings. The number of nitrogens with one attached hydrogen (secondary N) is 1. The van der Waals surface area contributed by atoms with Gasteiger partial charge in [0.2, 0.25) is 11.8 Å². The number of carbonyl (C=O) groups is 2. The highest BCUT2D eigenvalue weighted by Crippen LogP contribution is 2.16. The van der Waals surface area contributed by atoms with E-state index in [9.17, 15) is 9.59 Å². The van der Waals surface area contributed by atoms with Crippen molar-refractivity contribution in [3.05, 3.63) is 30.3 Å². The van der Waals surface area contributed by atoms with Crippen LogP contribution in [0.1, 0.15) is 32.6 Å². The number of benzene rings is 1. The van der Waals surface area contributed by atoms with Crippen molar-refractivity contribution < 1.29 is 19.1 Å². The van der Waals surface area contributed by atoms with E-state index in [4.69, 9.17) is 9.47 Å². The lowest BCUT2D eigenvalue weighted by atomic mass is 9.98. The van der Waals surface area contributed by atoms with Crippen LogP contribution in [0.3, 0.4) is 0 Å². The standard InChI is InChI=1S/C20H30N2O4/c1-2-7-19(23)21-14-17-8-6-11-22(15-17)20(24)16-25-12-13-26-18-9-4-3-5-10-18/h3-5,9-10,17H,2,6-8,11-16H2,1H3,(H,21,23). The molecule has 1 aliphatic heterocycles. The minimum absolute atomic E-state index is 0.00861. The number of carbonyl (C=O) groups excluding carboxylic acids is 2. The first-order chi connectivity index (χ1) is 12.7. The van der Waals surface area contributed by atoms with Gasteiger partial charge in [0.05, 0.1) is 6.61 Å². The summed E-state index contributed by atoms with van der Waals surface area (Å²) in [7, 11) is 0. The summed E-state index contributed by atoms with van der Waals surface area (Å²) in [4.78, 5) is 25.7. The highest BCUT2D eigenvalue weighted by molar-refractivity contribution is 5.77. The topological polar surface area (TPSA) is 67.9 Å². The maximum Gasteiger partial charge on any atom is 0.248 e. The molecule has 1 unspecified atom stereocenters. The zero-order chi connectivity index (χ0) is 18.6. The number of likely N-dealkylation sites (tertiary alicyclic amines) is 1. The normalized spacial score (nSPS) is 17.0. The lowest BCUT2D eigenvalue weighted by Crippen LogP contribution is -2.45. The SMILES string of the molecule is CCCC(=O)NCC1CCCN(C(=O)COCCOc2ccccc2)C1. The largest absolute Gasteiger partial charge is 0.491 e. The summed E-state index contributed by atoms with van der Waals surface area (Å²) in [6.45, 7) is 4.97. The molecule has 144 valence electrons. The van der Waals surface area contributed by atoms with Gasteiger partial charge in [0.15, 0.2) is 0 Å². The Morgan fingerprint density at radius 2 is 2.04 bits per heavy atom. The molecule has 0 radical (unpaired) electrons. The van der Waals surface area contributed by atoms with Crippen molar-refractivity contribution in [2.45, 2.75) is 32.6 Å². The molecule has 1 aromatic carbocycles. The highest BCUT2D eigenvalue weighted by atomic mass is 16.5. The second kappa shape index (κ2) is 11.5. The molecule has 1 N–H and O–H groups in total. The van der Waals surface area contributed by atoms with Crippen molar-refractivity contribution in [2.24, 2.45) is 5.92 Å². The Kier molecular flexibility index (Phi) is 8.96. The molecule has 2 rings (SSSR count). The van der Waals surface area contributed by atoms with E-state index in [0.29, 0.717) is 38.6 Å². The van der Waals surface area contributed by atoms with Gasteiger partial charge < -0.3 is 19.7 Å². The van der Waals surface area contributed by atoms with Gasteiger partial charge in [-0.2, -0.15) is 0 Å². The van der Waals surface area contributed by atoms with Gasteiger partial charge in [0, 0.05) is 26.1 Å². The fraction of sp³-hybridized carbons (Fsp3) is 0.600. The monoisotopic (exact) mass is 362 g/mol. The molecule has 0 aromatic heterocycles. The summed E-state index contributed by atoms with van der Waals surface area (Å²) in [6.07, 6.45) is 3.43. The van der Waals surface area contributed by atoms with E-state index in [1.165, 1.54) is 0 Å². The molecule has 2 amide bonds. The molecule has 26 heavy (non-hydrogen) atoms. The predicted molar refractivity (Wildman–Crippen MR) is 100.0 cm³/mol. The van der Waals surface area contributed by atoms with Gasteiger partial charge in [0.25, 0.3) is 0 Å². The van der Waals surface area contributed by atoms with E-state index >= 15 is 0 Å². The molecule has 1 aliphatic rings. The van der Waals surface area contributed by atoms with E-state index in [2.05, 4.69) is 5.32 Å². The van der Waals surface area contributed by atoms with Crippen molar-refractivity contribution in [3.8, 4) is 5.75 Å². The Morgan fingerprint density at radius 1 is 1.23 bits per heavy atom. The van der Waals surface area contributed by atoms with Gasteiger partial charge >= 0.3 is 0 Å². The molecule has 1 saturated heterocycles. The zero-order valence-electron chi connectivity index (χ0n) is 15.6. The Morgan fingerprint density at radius 3 is 2.81 bits per heavy atom. The fourth-order valence-electron chi connectivity index (χ4n) is 3.02. The smallest absolute Gasteiger partial charge is 0.248 e. The number of hydrogen-bond acceptors (Lipinski definition) is 4. The van der Waals surface area contributed by atoms with E-state index in [-0.39, 0.29) is 18.4 Å². The average Bonchev–Trinajstić information content (AvgIpc) is 2.67. The van der Waals surface area contributed by atoms with E-state index < -0.39 is 0 Å². The Balaban J connectivity index is 1.60. The summed E-state index contributed by atoms with van der Waals surface area (Å²) in [5.74, 6) is 1.23. The third-order valence-electron chi connectivity index (χ3n) is 4.40. The summed E-state index contributed by atoms with van der Waals surface area (Å²) in [6, 6.07) is 9.54. The van der Waals surface area contributed by atoms with Crippen molar-refractivity contribution in [3.63, 3.8) is 0 Å². The van der Waals surface area contributed by atoms with Gasteiger partial charge in [-0.15, -0.1) is 0 Å². The number of nitrogens with zero attached hydrogens (tertiary/aromatic N) is 1. The van der Waals surface area contributed by atoms with Crippen LogP contribution in [0.15, 0.2) is 30.3 Å². The quantitative estimate of drug-likeness (QED) is 0.648. The number of para-hydroxylation sites is 1. The molecule has 0 saturated carbocycles. The minimum atomic E-state index is 0.00861. The maximum absolute atomic E-state index is 12.3. The van der Waals surface area contributed by atoms with Crippen LogP contribution >= 0.6 is 0 Å². The van der Waals surface area contributed by atoms with Crippen molar-refractivity contribution in [1.29, 1.82) is 0 Å². The van der Waals surface area contributed by atoms with E-state index in [0.717, 1.165) is 31.6 Å². The van der Waals surface area contributed by atoms with Crippen molar-refractivity contribution >= 4 is 11.8 Å². The Labute approximate surface area is 155 Å². The molecule has 0 aliphatic carbocycles. The molecule has 6 heteroatoms. The van der Waals surface area contributed by atoms with Crippen LogP contribution in [-0.2, 0) is 14.3 Å². The lowest BCUT2D eigenvalue weighted by Gasteiger charge is -2.32. The summed E-state index contributed by atoms with van der Waals surface area (Å²) in [5, 5.41) is 2.96. The minimum Gasteiger partial charge on any atom is -0.491 e. The van der Waals surface area contributed by atoms with Gasteiger partial charge in [-0.1, -0.05) is 25.1 Å². The number of hydrogen-bond donors (Lipinski definition) is 1. The molecule has 6 nitrogen and oxygen atoms in total. The highest BCUT2D eigenvalue weighted by Gasteiger charge is 2.23. The summed E-state index contributed by atoms with van der Waals surface area (Å²) < 4.78 is 11.0. The first kappa shape index (κ1) is 20.2. The summed E-state index contributed by atoms with van der Waals surface area (Å²) in [5.41, 5.74) is 0. The Hall–Kier alpha value is -2.08. The molecule has 0 bridgehead atoms. The van der Waals surface area contributed by atoms with Crippen LogP contribution in [0.25, 0.3) is 0 Å². The van der Waals surface area contributed by atoms with Gasteiger partial charge in [-0.25, -0.2) is 0 Å².